The summed E-state index contributed by atoms with van der Waals surface area (Å²) in [7, 11) is 0. The maximum Gasteiger partial charge on any atom is 0 e. The van der Waals surface area contributed by atoms with Gasteiger partial charge in [0.25, 0.3) is 0 Å². The molecule has 30 valence electrons. The zero-order valence-electron chi connectivity index (χ0n) is 5.31. The fourth-order valence-corrected chi connectivity index (χ4v) is 5.77. The van der Waals surface area contributed by atoms with E-state index in [0.717, 1.165) is 0 Å². The van der Waals surface area contributed by atoms with Gasteiger partial charge in [-0.2, -0.15) is 0 Å². The van der Waals surface area contributed by atoms with Crippen molar-refractivity contribution in [2.45, 2.75) is 0 Å². The van der Waals surface area contributed by atoms with Gasteiger partial charge in [-0.15, -0.1) is 0 Å². The first-order valence-electron chi connectivity index (χ1n) is 1.82. The van der Waals surface area contributed by atoms with Crippen molar-refractivity contribution >= 4 is 77.4 Å². The molecule has 0 saturated heterocycles. The van der Waals surface area contributed by atoms with Gasteiger partial charge in [-0.3, -0.25) is 0 Å². The second kappa shape index (κ2) is 8.76. The minimum Gasteiger partial charge on any atom is 0 e. The molecule has 4 heteroatoms. The molecule has 0 fully saturated rings. The summed E-state index contributed by atoms with van der Waals surface area (Å²) in [5, 5.41) is 0. The summed E-state index contributed by atoms with van der Waals surface area (Å²) in [6.45, 7) is 0. The van der Waals surface area contributed by atoms with E-state index in [-0.39, 0.29) is 67.7 Å². The Morgan fingerprint density at radius 3 is 1.25 bits per heavy atom. The topological polar surface area (TPSA) is 0 Å². The van der Waals surface area contributed by atoms with Gasteiger partial charge in [-0.1, -0.05) is 0 Å². The van der Waals surface area contributed by atoms with Crippen LogP contribution in [0.1, 0.15) is 0 Å². The molecule has 0 amide bonds. The van der Waals surface area contributed by atoms with Crippen LogP contribution in [-0.2, 0) is 0 Å². The first kappa shape index (κ1) is 12.4. The summed E-state index contributed by atoms with van der Waals surface area (Å²) in [5.41, 5.74) is 0. The maximum atomic E-state index is 2.36. The molecule has 0 spiro atoms. The minimum atomic E-state index is 0. The van der Waals surface area contributed by atoms with E-state index in [1.54, 1.807) is 0 Å². The predicted molar refractivity (Wildman–Crippen MR) is 44.3 cm³/mol. The zero-order valence-corrected chi connectivity index (χ0v) is 9.51. The molecule has 0 aromatic heterocycles. The van der Waals surface area contributed by atoms with E-state index >= 15 is 0 Å². The predicted octanol–water partition coefficient (Wildman–Crippen LogP) is -1.28. The third-order valence-corrected chi connectivity index (χ3v) is 6.50. The van der Waals surface area contributed by atoms with E-state index in [4.69, 9.17) is 0 Å². The molecule has 1 rings (SSSR count). The fourth-order valence-electron chi connectivity index (χ4n) is 0.304. The molecule has 0 aromatic rings. The van der Waals surface area contributed by atoms with Crippen molar-refractivity contribution in [2.24, 2.45) is 0 Å². The Hall–Kier alpha value is 1.76. The second-order valence-electron chi connectivity index (χ2n) is 1.00. The minimum absolute atomic E-state index is 0. The zero-order chi connectivity index (χ0) is 4.24. The molecule has 1 aliphatic heterocycles. The first-order valence-corrected chi connectivity index (χ1v) is 6.67. The fraction of sp³-hybridized carbons (Fsp3) is 0. The van der Waals surface area contributed by atoms with E-state index in [1.807, 2.05) is 0 Å². The summed E-state index contributed by atoms with van der Waals surface area (Å²) in [6.07, 6.45) is 0. The smallest absolute Gasteiger partial charge is 0 e. The molecule has 1 aliphatic rings. The van der Waals surface area contributed by atoms with E-state index < -0.39 is 0 Å². The molecule has 0 bridgehead atoms. The van der Waals surface area contributed by atoms with Crippen molar-refractivity contribution in [3.63, 3.8) is 0 Å². The van der Waals surface area contributed by atoms with Gasteiger partial charge in [0.05, 0.1) is 0 Å². The molecule has 1 heterocycles. The quantitative estimate of drug-likeness (QED) is 0.438. The Bertz CT molecular complexity index is 81.4. The summed E-state index contributed by atoms with van der Waals surface area (Å²) in [5.74, 6) is 0. The van der Waals surface area contributed by atoms with Crippen LogP contribution in [-0.4, -0.2) is 77.4 Å². The third-order valence-electron chi connectivity index (χ3n) is 0.552. The molecule has 0 unspecified atom stereocenters. The van der Waals surface area contributed by atoms with Crippen LogP contribution in [0, 0.1) is 0 Å². The number of hydrogen-bond acceptors (Lipinski definition) is 0. The molecule has 0 atom stereocenters. The van der Waals surface area contributed by atoms with Crippen molar-refractivity contribution in [3.8, 4) is 0 Å². The van der Waals surface area contributed by atoms with Crippen LogP contribution in [0.5, 0.6) is 0 Å². The first-order chi connectivity index (χ1) is 3.00. The van der Waals surface area contributed by atoms with Gasteiger partial charge in [0, 0.05) is 37.7 Å². The van der Waals surface area contributed by atoms with Crippen molar-refractivity contribution in [2.75, 3.05) is 0 Å². The van der Waals surface area contributed by atoms with Crippen LogP contribution in [0.2, 0.25) is 0 Å². The van der Waals surface area contributed by atoms with Crippen molar-refractivity contribution < 1.29 is 0 Å². The summed E-state index contributed by atoms with van der Waals surface area (Å²) >= 11 is 0.556. The van der Waals surface area contributed by atoms with Crippen LogP contribution >= 0.6 is 0 Å². The molecule has 0 saturated carbocycles. The van der Waals surface area contributed by atoms with Gasteiger partial charge in [0.1, 0.15) is 0 Å². The van der Waals surface area contributed by atoms with Gasteiger partial charge in [-0.05, 0) is 0 Å². The Labute approximate surface area is 86.2 Å². The average Bonchev–Trinajstić information content (AvgIpc) is 1.72. The molecule has 8 heavy (non-hydrogen) atoms. The summed E-state index contributed by atoms with van der Waals surface area (Å²) < 4.78 is 0. The SMILES string of the molecule is [CH]1=[CH][Ge]=[CH][CH]=[Ge]1.[Li].[Li]. The summed E-state index contributed by atoms with van der Waals surface area (Å²) in [6, 6.07) is 0. The molecular formula is C4H4Ge2Li2. The maximum absolute atomic E-state index is 2.36. The largest absolute Gasteiger partial charge is 0 e. The van der Waals surface area contributed by atoms with Gasteiger partial charge in [0.15, 0.2) is 0 Å². The second-order valence-corrected chi connectivity index (χ2v) is 5.20. The van der Waals surface area contributed by atoms with Crippen molar-refractivity contribution in [3.05, 3.63) is 9.82 Å². The Morgan fingerprint density at radius 1 is 0.750 bits per heavy atom. The number of rotatable bonds is 0. The summed E-state index contributed by atoms with van der Waals surface area (Å²) in [4.78, 5) is 9.44. The molecule has 4 radical (unpaired) electrons. The molecule has 0 nitrogen and oxygen atoms in total. The van der Waals surface area contributed by atoms with Crippen molar-refractivity contribution in [1.29, 1.82) is 0 Å². The van der Waals surface area contributed by atoms with Gasteiger partial charge >= 0.3 is 49.5 Å². The van der Waals surface area contributed by atoms with Gasteiger partial charge in [-0.25, -0.2) is 0 Å². The van der Waals surface area contributed by atoms with Crippen LogP contribution in [0.4, 0.5) is 0 Å². The van der Waals surface area contributed by atoms with E-state index in [0.29, 0.717) is 0 Å². The van der Waals surface area contributed by atoms with Crippen LogP contribution in [0.25, 0.3) is 0 Å². The standard InChI is InChI=1S/C4H4Ge2.2Li/c1-2-6-4-3-5-1;;/h1-4H;;. The average molecular weight is 211 g/mol. The molecule has 0 aliphatic carbocycles. The van der Waals surface area contributed by atoms with Crippen LogP contribution < -0.4 is 0 Å². The van der Waals surface area contributed by atoms with Crippen LogP contribution in [0.3, 0.4) is 0 Å². The van der Waals surface area contributed by atoms with E-state index in [2.05, 4.69) is 19.5 Å². The van der Waals surface area contributed by atoms with E-state index in [9.17, 15) is 0 Å². The molecular weight excluding hydrogens is 207 g/mol. The number of hydrogen-bond donors (Lipinski definition) is 0. The van der Waals surface area contributed by atoms with E-state index in [1.165, 1.54) is 0 Å². The Morgan fingerprint density at radius 2 is 1.12 bits per heavy atom. The Balaban J connectivity index is 0. The monoisotopic (exact) mass is 214 g/mol. The molecule has 0 aromatic carbocycles. The normalized spacial score (nSPS) is 12.0. The van der Waals surface area contributed by atoms with Crippen molar-refractivity contribution in [1.82, 2.24) is 0 Å². The van der Waals surface area contributed by atoms with Gasteiger partial charge in [0.2, 0.25) is 0 Å². The molecule has 0 N–H and O–H groups in total. The Kier molecular flexibility index (Phi) is 13.6. The van der Waals surface area contributed by atoms with Gasteiger partial charge < -0.3 is 0 Å². The third kappa shape index (κ3) is 5.89. The van der Waals surface area contributed by atoms with Crippen LogP contribution in [0.15, 0.2) is 9.82 Å².